The molecule has 0 aliphatic carbocycles. The Morgan fingerprint density at radius 2 is 1.95 bits per heavy atom. The first kappa shape index (κ1) is 15.7. The van der Waals surface area contributed by atoms with E-state index in [2.05, 4.69) is 36.5 Å². The normalized spacial score (nSPS) is 12.1. The number of amides is 1. The number of aryl methyl sites for hydroxylation is 1. The summed E-state index contributed by atoms with van der Waals surface area (Å²) in [5.74, 6) is 0.164. The maximum atomic E-state index is 11.7. The summed E-state index contributed by atoms with van der Waals surface area (Å²) in [6.45, 7) is 2.79. The second-order valence-electron chi connectivity index (χ2n) is 5.09. The minimum atomic E-state index is 0.164. The van der Waals surface area contributed by atoms with Crippen LogP contribution in [0.15, 0.2) is 30.3 Å². The van der Waals surface area contributed by atoms with Crippen molar-refractivity contribution in [3.05, 3.63) is 35.9 Å². The van der Waals surface area contributed by atoms with Crippen LogP contribution in [0, 0.1) is 0 Å². The molecule has 3 heteroatoms. The highest BCUT2D eigenvalue weighted by Gasteiger charge is 2.07. The number of hydrogen-bond donors (Lipinski definition) is 2. The van der Waals surface area contributed by atoms with Crippen LogP contribution in [0.1, 0.15) is 44.6 Å². The molecule has 1 unspecified atom stereocenters. The minimum Gasteiger partial charge on any atom is -0.354 e. The third kappa shape index (κ3) is 7.62. The van der Waals surface area contributed by atoms with Crippen LogP contribution >= 0.6 is 0 Å². The second kappa shape index (κ2) is 9.56. The quantitative estimate of drug-likeness (QED) is 0.672. The molecule has 106 valence electrons. The van der Waals surface area contributed by atoms with Crippen molar-refractivity contribution >= 4 is 5.91 Å². The average molecular weight is 262 g/mol. The third-order valence-corrected chi connectivity index (χ3v) is 3.22. The minimum absolute atomic E-state index is 0.164. The first-order valence-corrected chi connectivity index (χ1v) is 7.25. The lowest BCUT2D eigenvalue weighted by molar-refractivity contribution is -0.121. The number of hydrogen-bond acceptors (Lipinski definition) is 2. The van der Waals surface area contributed by atoms with E-state index in [0.29, 0.717) is 6.42 Å². The Hall–Kier alpha value is -1.35. The summed E-state index contributed by atoms with van der Waals surface area (Å²) in [6.07, 6.45) is 5.61. The summed E-state index contributed by atoms with van der Waals surface area (Å²) < 4.78 is 0. The maximum Gasteiger partial charge on any atom is 0.220 e. The van der Waals surface area contributed by atoms with E-state index in [1.165, 1.54) is 5.56 Å². The van der Waals surface area contributed by atoms with Crippen LogP contribution < -0.4 is 11.1 Å². The molecule has 1 rings (SSSR count). The molecule has 1 atom stereocenters. The average Bonchev–Trinajstić information content (AvgIpc) is 2.42. The predicted octanol–water partition coefficient (Wildman–Crippen LogP) is 2.64. The van der Waals surface area contributed by atoms with Gasteiger partial charge in [0.15, 0.2) is 0 Å². The zero-order valence-corrected chi connectivity index (χ0v) is 11.9. The standard InChI is InChI=1S/C16H26N2O/c1-14(11-12-15-8-4-2-5-9-15)18-16(19)10-6-3-7-13-17/h2,4-5,8-9,14H,3,6-7,10-13,17H2,1H3,(H,18,19). The zero-order chi connectivity index (χ0) is 13.9. The van der Waals surface area contributed by atoms with Crippen molar-refractivity contribution in [2.45, 2.75) is 51.5 Å². The van der Waals surface area contributed by atoms with Crippen LogP contribution in [0.4, 0.5) is 0 Å². The third-order valence-electron chi connectivity index (χ3n) is 3.22. The van der Waals surface area contributed by atoms with Gasteiger partial charge in [0.2, 0.25) is 5.91 Å². The lowest BCUT2D eigenvalue weighted by atomic mass is 10.1. The van der Waals surface area contributed by atoms with Gasteiger partial charge in [-0.25, -0.2) is 0 Å². The van der Waals surface area contributed by atoms with Gasteiger partial charge in [-0.3, -0.25) is 4.79 Å². The van der Waals surface area contributed by atoms with E-state index in [0.717, 1.165) is 38.6 Å². The number of carbonyl (C=O) groups is 1. The lowest BCUT2D eigenvalue weighted by Gasteiger charge is -2.13. The van der Waals surface area contributed by atoms with Gasteiger partial charge in [-0.1, -0.05) is 36.8 Å². The molecule has 3 N–H and O–H groups in total. The topological polar surface area (TPSA) is 55.1 Å². The summed E-state index contributed by atoms with van der Waals surface area (Å²) in [5.41, 5.74) is 6.75. The molecular weight excluding hydrogens is 236 g/mol. The summed E-state index contributed by atoms with van der Waals surface area (Å²) in [7, 11) is 0. The molecule has 3 nitrogen and oxygen atoms in total. The van der Waals surface area contributed by atoms with Gasteiger partial charge in [0, 0.05) is 12.5 Å². The fourth-order valence-corrected chi connectivity index (χ4v) is 2.05. The molecular formula is C16H26N2O. The van der Waals surface area contributed by atoms with Crippen molar-refractivity contribution in [3.63, 3.8) is 0 Å². The maximum absolute atomic E-state index is 11.7. The van der Waals surface area contributed by atoms with Crippen molar-refractivity contribution in [1.82, 2.24) is 5.32 Å². The van der Waals surface area contributed by atoms with E-state index < -0.39 is 0 Å². The molecule has 0 aromatic heterocycles. The molecule has 0 aliphatic rings. The first-order valence-electron chi connectivity index (χ1n) is 7.25. The molecule has 1 amide bonds. The van der Waals surface area contributed by atoms with E-state index in [4.69, 9.17) is 5.73 Å². The molecule has 19 heavy (non-hydrogen) atoms. The van der Waals surface area contributed by atoms with Crippen molar-refractivity contribution in [2.75, 3.05) is 6.54 Å². The van der Waals surface area contributed by atoms with Crippen LogP contribution in [0.5, 0.6) is 0 Å². The Kier molecular flexibility index (Phi) is 7.91. The number of benzene rings is 1. The number of rotatable bonds is 9. The van der Waals surface area contributed by atoms with Gasteiger partial charge in [0.25, 0.3) is 0 Å². The zero-order valence-electron chi connectivity index (χ0n) is 11.9. The van der Waals surface area contributed by atoms with Gasteiger partial charge in [0.1, 0.15) is 0 Å². The van der Waals surface area contributed by atoms with Gasteiger partial charge in [-0.2, -0.15) is 0 Å². The highest BCUT2D eigenvalue weighted by molar-refractivity contribution is 5.76. The Labute approximate surface area is 116 Å². The molecule has 0 radical (unpaired) electrons. The van der Waals surface area contributed by atoms with Gasteiger partial charge < -0.3 is 11.1 Å². The highest BCUT2D eigenvalue weighted by Crippen LogP contribution is 2.05. The summed E-state index contributed by atoms with van der Waals surface area (Å²) >= 11 is 0. The molecule has 0 saturated carbocycles. The summed E-state index contributed by atoms with van der Waals surface area (Å²) in [4.78, 5) is 11.7. The SMILES string of the molecule is CC(CCc1ccccc1)NC(=O)CCCCCN. The Bertz CT molecular complexity index is 351. The van der Waals surface area contributed by atoms with E-state index in [1.807, 2.05) is 6.07 Å². The molecule has 0 heterocycles. The van der Waals surface area contributed by atoms with E-state index in [-0.39, 0.29) is 11.9 Å². The van der Waals surface area contributed by atoms with Gasteiger partial charge in [-0.15, -0.1) is 0 Å². The van der Waals surface area contributed by atoms with Crippen molar-refractivity contribution in [1.29, 1.82) is 0 Å². The second-order valence-corrected chi connectivity index (χ2v) is 5.09. The van der Waals surface area contributed by atoms with Crippen LogP contribution in [0.2, 0.25) is 0 Å². The molecule has 0 bridgehead atoms. The number of nitrogens with one attached hydrogen (secondary N) is 1. The molecule has 0 aliphatic heterocycles. The largest absolute Gasteiger partial charge is 0.354 e. The Morgan fingerprint density at radius 3 is 2.63 bits per heavy atom. The van der Waals surface area contributed by atoms with Crippen molar-refractivity contribution in [3.8, 4) is 0 Å². The smallest absolute Gasteiger partial charge is 0.220 e. The van der Waals surface area contributed by atoms with Crippen LogP contribution in [0.25, 0.3) is 0 Å². The predicted molar refractivity (Wildman–Crippen MR) is 79.9 cm³/mol. The fraction of sp³-hybridized carbons (Fsp3) is 0.562. The summed E-state index contributed by atoms with van der Waals surface area (Å²) in [5, 5.41) is 3.06. The van der Waals surface area contributed by atoms with E-state index in [9.17, 15) is 4.79 Å². The van der Waals surface area contributed by atoms with Crippen LogP contribution in [-0.2, 0) is 11.2 Å². The first-order chi connectivity index (χ1) is 9.22. The van der Waals surface area contributed by atoms with E-state index >= 15 is 0 Å². The van der Waals surface area contributed by atoms with Crippen molar-refractivity contribution in [2.24, 2.45) is 5.73 Å². The fourth-order valence-electron chi connectivity index (χ4n) is 2.05. The Morgan fingerprint density at radius 1 is 1.21 bits per heavy atom. The van der Waals surface area contributed by atoms with Gasteiger partial charge >= 0.3 is 0 Å². The molecule has 0 saturated heterocycles. The molecule has 0 spiro atoms. The monoisotopic (exact) mass is 262 g/mol. The molecule has 1 aromatic carbocycles. The number of unbranched alkanes of at least 4 members (excludes halogenated alkanes) is 2. The van der Waals surface area contributed by atoms with Crippen LogP contribution in [0.3, 0.4) is 0 Å². The summed E-state index contributed by atoms with van der Waals surface area (Å²) in [6, 6.07) is 10.6. The van der Waals surface area contributed by atoms with Gasteiger partial charge in [0.05, 0.1) is 0 Å². The van der Waals surface area contributed by atoms with Crippen LogP contribution in [-0.4, -0.2) is 18.5 Å². The van der Waals surface area contributed by atoms with E-state index in [1.54, 1.807) is 0 Å². The number of nitrogens with two attached hydrogens (primary N) is 1. The highest BCUT2D eigenvalue weighted by atomic mass is 16.1. The lowest BCUT2D eigenvalue weighted by Crippen LogP contribution is -2.32. The van der Waals surface area contributed by atoms with Gasteiger partial charge in [-0.05, 0) is 44.7 Å². The number of carbonyl (C=O) groups excluding carboxylic acids is 1. The molecule has 1 aromatic rings. The molecule has 0 fully saturated rings. The Balaban J connectivity index is 2.13. The van der Waals surface area contributed by atoms with Crippen molar-refractivity contribution < 1.29 is 4.79 Å².